The number of fused-ring (bicyclic) bond motifs is 1. The van der Waals surface area contributed by atoms with Crippen molar-refractivity contribution in [2.24, 2.45) is 5.41 Å². The van der Waals surface area contributed by atoms with Crippen LogP contribution in [0.5, 0.6) is 0 Å². The van der Waals surface area contributed by atoms with Gasteiger partial charge in [0.1, 0.15) is 6.17 Å². The Bertz CT molecular complexity index is 209. The molecule has 0 aromatic heterocycles. The molecule has 1 nitrogen and oxygen atoms in total. The van der Waals surface area contributed by atoms with Gasteiger partial charge in [0.15, 0.2) is 0 Å². The Morgan fingerprint density at radius 1 is 1.38 bits per heavy atom. The van der Waals surface area contributed by atoms with E-state index in [1.807, 2.05) is 0 Å². The number of rotatable bonds is 0. The van der Waals surface area contributed by atoms with Gasteiger partial charge in [-0.15, -0.1) is 0 Å². The van der Waals surface area contributed by atoms with E-state index in [-0.39, 0.29) is 11.0 Å². The van der Waals surface area contributed by atoms with Gasteiger partial charge in [-0.1, -0.05) is 20.8 Å². The summed E-state index contributed by atoms with van der Waals surface area (Å²) in [6.45, 7) is 8.55. The minimum Gasteiger partial charge on any atom is -0.294 e. The van der Waals surface area contributed by atoms with Gasteiger partial charge in [-0.05, 0) is 31.2 Å². The number of halogens is 1. The van der Waals surface area contributed by atoms with Gasteiger partial charge in [-0.2, -0.15) is 0 Å². The lowest BCUT2D eigenvalue weighted by Gasteiger charge is -2.44. The van der Waals surface area contributed by atoms with Gasteiger partial charge in [0.05, 0.1) is 0 Å². The van der Waals surface area contributed by atoms with Gasteiger partial charge in [-0.25, -0.2) is 4.39 Å². The van der Waals surface area contributed by atoms with E-state index in [9.17, 15) is 4.39 Å². The fraction of sp³-hybridized carbons (Fsp3) is 1.00. The Hall–Kier alpha value is -0.110. The first kappa shape index (κ1) is 9.45. The molecule has 1 unspecified atom stereocenters. The molecule has 0 aromatic rings. The summed E-state index contributed by atoms with van der Waals surface area (Å²) >= 11 is 0. The van der Waals surface area contributed by atoms with Crippen LogP contribution in [-0.4, -0.2) is 29.7 Å². The molecule has 0 aromatic carbocycles. The van der Waals surface area contributed by atoms with Crippen LogP contribution in [0.3, 0.4) is 0 Å². The first-order chi connectivity index (χ1) is 5.96. The van der Waals surface area contributed by atoms with E-state index in [1.54, 1.807) is 0 Å². The van der Waals surface area contributed by atoms with Crippen molar-refractivity contribution in [2.45, 2.75) is 51.7 Å². The number of alkyl halides is 1. The second kappa shape index (κ2) is 2.69. The van der Waals surface area contributed by atoms with Crippen LogP contribution in [0.1, 0.15) is 40.0 Å². The van der Waals surface area contributed by atoms with E-state index in [0.717, 1.165) is 13.0 Å². The molecule has 2 heterocycles. The summed E-state index contributed by atoms with van der Waals surface area (Å²) in [5, 5.41) is 0. The molecule has 0 bridgehead atoms. The average Bonchev–Trinajstić information content (AvgIpc) is 2.40. The Labute approximate surface area is 80.3 Å². The van der Waals surface area contributed by atoms with Gasteiger partial charge in [0, 0.05) is 12.1 Å². The summed E-state index contributed by atoms with van der Waals surface area (Å²) in [6, 6.07) is 0. The van der Waals surface area contributed by atoms with Crippen molar-refractivity contribution in [3.63, 3.8) is 0 Å². The van der Waals surface area contributed by atoms with Crippen LogP contribution < -0.4 is 0 Å². The molecule has 2 saturated heterocycles. The minimum atomic E-state index is -0.584. The van der Waals surface area contributed by atoms with Crippen molar-refractivity contribution >= 4 is 0 Å². The van der Waals surface area contributed by atoms with Crippen molar-refractivity contribution in [1.82, 2.24) is 4.90 Å². The van der Waals surface area contributed by atoms with Crippen LogP contribution >= 0.6 is 0 Å². The molecular weight excluding hydrogens is 165 g/mol. The van der Waals surface area contributed by atoms with Crippen LogP contribution in [0.25, 0.3) is 0 Å². The Kier molecular flexibility index (Phi) is 1.96. The number of nitrogens with zero attached hydrogens (tertiary/aromatic N) is 1. The van der Waals surface area contributed by atoms with Gasteiger partial charge in [0.25, 0.3) is 0 Å². The van der Waals surface area contributed by atoms with E-state index in [1.165, 1.54) is 12.8 Å². The highest BCUT2D eigenvalue weighted by Crippen LogP contribution is 2.50. The molecule has 2 aliphatic heterocycles. The predicted molar refractivity (Wildman–Crippen MR) is 52.5 cm³/mol. The molecule has 76 valence electrons. The Morgan fingerprint density at radius 3 is 2.62 bits per heavy atom. The highest BCUT2D eigenvalue weighted by Gasteiger charge is 2.54. The highest BCUT2D eigenvalue weighted by atomic mass is 19.1. The third-order valence-corrected chi connectivity index (χ3v) is 4.00. The van der Waals surface area contributed by atoms with Crippen LogP contribution in [-0.2, 0) is 0 Å². The fourth-order valence-electron chi connectivity index (χ4n) is 3.26. The second-order valence-electron chi connectivity index (χ2n) is 5.63. The molecule has 0 spiro atoms. The molecule has 2 fully saturated rings. The van der Waals surface area contributed by atoms with Crippen LogP contribution in [0.4, 0.5) is 4.39 Å². The van der Waals surface area contributed by atoms with Crippen molar-refractivity contribution in [3.05, 3.63) is 0 Å². The predicted octanol–water partition coefficient (Wildman–Crippen LogP) is 2.61. The average molecular weight is 185 g/mol. The van der Waals surface area contributed by atoms with Gasteiger partial charge >= 0.3 is 0 Å². The lowest BCUT2D eigenvalue weighted by molar-refractivity contribution is 0.0637. The normalized spacial score (nSPS) is 41.1. The van der Waals surface area contributed by atoms with Crippen molar-refractivity contribution < 1.29 is 4.39 Å². The molecule has 13 heavy (non-hydrogen) atoms. The summed E-state index contributed by atoms with van der Waals surface area (Å²) < 4.78 is 13.4. The maximum absolute atomic E-state index is 13.4. The van der Waals surface area contributed by atoms with Crippen LogP contribution in [0.2, 0.25) is 0 Å². The molecule has 2 heteroatoms. The van der Waals surface area contributed by atoms with Crippen LogP contribution in [0.15, 0.2) is 0 Å². The zero-order valence-electron chi connectivity index (χ0n) is 8.94. The first-order valence-electron chi connectivity index (χ1n) is 5.35. The third kappa shape index (κ3) is 1.22. The molecule has 0 amide bonds. The van der Waals surface area contributed by atoms with Gasteiger partial charge < -0.3 is 0 Å². The van der Waals surface area contributed by atoms with Crippen molar-refractivity contribution in [3.8, 4) is 0 Å². The number of hydrogen-bond acceptors (Lipinski definition) is 1. The SMILES string of the molecule is CC(C)(C)C12CCCN1C[C@H](F)C2. The maximum Gasteiger partial charge on any atom is 0.115 e. The Balaban J connectivity index is 2.28. The standard InChI is InChI=1S/C11H20FN/c1-10(2,3)11-5-4-6-13(11)8-9(12)7-11/h9H,4-8H2,1-3H3/t9-,11?/m1/s1. The lowest BCUT2D eigenvalue weighted by atomic mass is 9.71. The van der Waals surface area contributed by atoms with E-state index >= 15 is 0 Å². The Morgan fingerprint density at radius 2 is 2.08 bits per heavy atom. The topological polar surface area (TPSA) is 3.24 Å². The molecular formula is C11H20FN. The van der Waals surface area contributed by atoms with Crippen molar-refractivity contribution in [2.75, 3.05) is 13.1 Å². The zero-order valence-corrected chi connectivity index (χ0v) is 8.94. The molecule has 0 N–H and O–H groups in total. The van der Waals surface area contributed by atoms with E-state index in [0.29, 0.717) is 6.54 Å². The lowest BCUT2D eigenvalue weighted by Crippen LogP contribution is -2.48. The molecule has 0 saturated carbocycles. The minimum absolute atomic E-state index is 0.173. The molecule has 2 aliphatic rings. The molecule has 2 rings (SSSR count). The zero-order chi connectivity index (χ0) is 9.69. The fourth-order valence-corrected chi connectivity index (χ4v) is 3.26. The molecule has 0 aliphatic carbocycles. The third-order valence-electron chi connectivity index (χ3n) is 4.00. The highest BCUT2D eigenvalue weighted by molar-refractivity contribution is 5.09. The van der Waals surface area contributed by atoms with Gasteiger partial charge in [0.2, 0.25) is 0 Å². The second-order valence-corrected chi connectivity index (χ2v) is 5.63. The summed E-state index contributed by atoms with van der Waals surface area (Å²) in [5.41, 5.74) is 0.400. The summed E-state index contributed by atoms with van der Waals surface area (Å²) in [5.74, 6) is 0. The van der Waals surface area contributed by atoms with E-state index < -0.39 is 6.17 Å². The summed E-state index contributed by atoms with van der Waals surface area (Å²) in [4.78, 5) is 2.39. The first-order valence-corrected chi connectivity index (χ1v) is 5.35. The molecule has 0 radical (unpaired) electrons. The molecule has 2 atom stereocenters. The van der Waals surface area contributed by atoms with E-state index in [4.69, 9.17) is 0 Å². The quantitative estimate of drug-likeness (QED) is 0.560. The van der Waals surface area contributed by atoms with Crippen molar-refractivity contribution in [1.29, 1.82) is 0 Å². The maximum atomic E-state index is 13.4. The van der Waals surface area contributed by atoms with Gasteiger partial charge in [-0.3, -0.25) is 4.90 Å². The monoisotopic (exact) mass is 185 g/mol. The summed E-state index contributed by atoms with van der Waals surface area (Å²) in [7, 11) is 0. The largest absolute Gasteiger partial charge is 0.294 e. The number of hydrogen-bond donors (Lipinski definition) is 0. The van der Waals surface area contributed by atoms with E-state index in [2.05, 4.69) is 25.7 Å². The van der Waals surface area contributed by atoms with Crippen LogP contribution in [0, 0.1) is 5.41 Å². The summed E-state index contributed by atoms with van der Waals surface area (Å²) in [6.07, 6.45) is 2.62. The smallest absolute Gasteiger partial charge is 0.115 e.